The molecule has 15 heavy (non-hydrogen) atoms. The number of esters is 1. The lowest BCUT2D eigenvalue weighted by Gasteiger charge is -2.19. The highest BCUT2D eigenvalue weighted by molar-refractivity contribution is 5.72. The molecular weight excluding hydrogens is 188 g/mol. The highest BCUT2D eigenvalue weighted by Crippen LogP contribution is 2.15. The van der Waals surface area contributed by atoms with Crippen LogP contribution >= 0.6 is 0 Å². The highest BCUT2D eigenvalue weighted by Gasteiger charge is 2.19. The molecule has 0 aromatic rings. The van der Waals surface area contributed by atoms with Gasteiger partial charge in [-0.1, -0.05) is 40.5 Å². The van der Waals surface area contributed by atoms with Crippen LogP contribution in [-0.2, 0) is 9.53 Å². The predicted octanol–water partition coefficient (Wildman–Crippen LogP) is 3.93. The van der Waals surface area contributed by atoms with E-state index in [1.807, 2.05) is 13.8 Å². The van der Waals surface area contributed by atoms with E-state index in [9.17, 15) is 4.79 Å². The SMILES string of the molecule is CCCC(CCC)OC(=O)C(CC)CC. The van der Waals surface area contributed by atoms with Gasteiger partial charge in [-0.05, 0) is 25.7 Å². The monoisotopic (exact) mass is 214 g/mol. The smallest absolute Gasteiger partial charge is 0.309 e. The van der Waals surface area contributed by atoms with Crippen molar-refractivity contribution >= 4 is 5.97 Å². The third-order valence-corrected chi connectivity index (χ3v) is 2.82. The Balaban J connectivity index is 4.07. The molecule has 0 aliphatic carbocycles. The van der Waals surface area contributed by atoms with E-state index in [-0.39, 0.29) is 18.0 Å². The molecule has 2 nitrogen and oxygen atoms in total. The summed E-state index contributed by atoms with van der Waals surface area (Å²) >= 11 is 0. The standard InChI is InChI=1S/C13H26O2/c1-5-9-12(10-6-2)15-13(14)11(7-3)8-4/h11-12H,5-10H2,1-4H3. The average Bonchev–Trinajstić information content (AvgIpc) is 2.20. The van der Waals surface area contributed by atoms with Crippen LogP contribution < -0.4 is 0 Å². The van der Waals surface area contributed by atoms with Crippen LogP contribution in [-0.4, -0.2) is 12.1 Å². The highest BCUT2D eigenvalue weighted by atomic mass is 16.5. The van der Waals surface area contributed by atoms with Crippen molar-refractivity contribution in [3.63, 3.8) is 0 Å². The van der Waals surface area contributed by atoms with Crippen molar-refractivity contribution < 1.29 is 9.53 Å². The number of carbonyl (C=O) groups excluding carboxylic acids is 1. The summed E-state index contributed by atoms with van der Waals surface area (Å²) in [4.78, 5) is 11.7. The molecular formula is C13H26O2. The minimum Gasteiger partial charge on any atom is -0.462 e. The Labute approximate surface area is 94.4 Å². The van der Waals surface area contributed by atoms with E-state index >= 15 is 0 Å². The van der Waals surface area contributed by atoms with Gasteiger partial charge < -0.3 is 4.74 Å². The second-order valence-corrected chi connectivity index (χ2v) is 4.15. The zero-order valence-corrected chi connectivity index (χ0v) is 10.7. The first-order chi connectivity index (χ1) is 7.19. The summed E-state index contributed by atoms with van der Waals surface area (Å²) in [5, 5.41) is 0. The summed E-state index contributed by atoms with van der Waals surface area (Å²) in [6, 6.07) is 0. The van der Waals surface area contributed by atoms with E-state index in [4.69, 9.17) is 4.74 Å². The molecule has 0 aromatic heterocycles. The summed E-state index contributed by atoms with van der Waals surface area (Å²) < 4.78 is 5.54. The lowest BCUT2D eigenvalue weighted by atomic mass is 10.0. The molecule has 0 saturated heterocycles. The maximum absolute atomic E-state index is 11.7. The van der Waals surface area contributed by atoms with Crippen LogP contribution in [0.1, 0.15) is 66.2 Å². The summed E-state index contributed by atoms with van der Waals surface area (Å²) in [5.41, 5.74) is 0. The van der Waals surface area contributed by atoms with Gasteiger partial charge in [-0.3, -0.25) is 4.79 Å². The second-order valence-electron chi connectivity index (χ2n) is 4.15. The number of ether oxygens (including phenoxy) is 1. The summed E-state index contributed by atoms with van der Waals surface area (Å²) in [6.45, 7) is 8.36. The topological polar surface area (TPSA) is 26.3 Å². The molecule has 0 fully saturated rings. The first-order valence-corrected chi connectivity index (χ1v) is 6.39. The number of rotatable bonds is 8. The Morgan fingerprint density at radius 2 is 1.47 bits per heavy atom. The van der Waals surface area contributed by atoms with Gasteiger partial charge in [-0.2, -0.15) is 0 Å². The third kappa shape index (κ3) is 5.81. The van der Waals surface area contributed by atoms with Crippen molar-refractivity contribution in [3.05, 3.63) is 0 Å². The van der Waals surface area contributed by atoms with Crippen LogP contribution in [0, 0.1) is 5.92 Å². The van der Waals surface area contributed by atoms with E-state index in [2.05, 4.69) is 13.8 Å². The van der Waals surface area contributed by atoms with Gasteiger partial charge in [0.1, 0.15) is 6.10 Å². The molecule has 0 aliphatic rings. The Morgan fingerprint density at radius 3 is 1.80 bits per heavy atom. The Hall–Kier alpha value is -0.530. The fourth-order valence-electron chi connectivity index (χ4n) is 1.79. The van der Waals surface area contributed by atoms with Gasteiger partial charge in [0.05, 0.1) is 5.92 Å². The maximum atomic E-state index is 11.7. The zero-order chi connectivity index (χ0) is 11.7. The van der Waals surface area contributed by atoms with Crippen LogP contribution in [0.4, 0.5) is 0 Å². The molecule has 0 heterocycles. The van der Waals surface area contributed by atoms with Gasteiger partial charge in [0.2, 0.25) is 0 Å². The molecule has 0 amide bonds. The molecule has 0 radical (unpaired) electrons. The van der Waals surface area contributed by atoms with Gasteiger partial charge in [-0.25, -0.2) is 0 Å². The molecule has 0 aliphatic heterocycles. The molecule has 0 aromatic carbocycles. The molecule has 2 heteroatoms. The van der Waals surface area contributed by atoms with E-state index in [0.29, 0.717) is 0 Å². The van der Waals surface area contributed by atoms with Gasteiger partial charge in [-0.15, -0.1) is 0 Å². The number of carbonyl (C=O) groups is 1. The van der Waals surface area contributed by atoms with Crippen molar-refractivity contribution in [2.75, 3.05) is 0 Å². The molecule has 0 unspecified atom stereocenters. The van der Waals surface area contributed by atoms with Gasteiger partial charge in [0.15, 0.2) is 0 Å². The number of hydrogen-bond acceptors (Lipinski definition) is 2. The van der Waals surface area contributed by atoms with Crippen LogP contribution in [0.2, 0.25) is 0 Å². The zero-order valence-electron chi connectivity index (χ0n) is 10.7. The van der Waals surface area contributed by atoms with Crippen LogP contribution in [0.25, 0.3) is 0 Å². The van der Waals surface area contributed by atoms with Crippen molar-refractivity contribution in [3.8, 4) is 0 Å². The van der Waals surface area contributed by atoms with Crippen molar-refractivity contribution in [1.29, 1.82) is 0 Å². The Morgan fingerprint density at radius 1 is 1.00 bits per heavy atom. The molecule has 90 valence electrons. The van der Waals surface area contributed by atoms with Gasteiger partial charge in [0.25, 0.3) is 0 Å². The average molecular weight is 214 g/mol. The second kappa shape index (κ2) is 8.75. The van der Waals surface area contributed by atoms with Crippen LogP contribution in [0.5, 0.6) is 0 Å². The maximum Gasteiger partial charge on any atom is 0.309 e. The molecule has 0 rings (SSSR count). The molecule has 0 bridgehead atoms. The summed E-state index contributed by atoms with van der Waals surface area (Å²) in [5.74, 6) is 0.105. The van der Waals surface area contributed by atoms with E-state index in [0.717, 1.165) is 38.5 Å². The van der Waals surface area contributed by atoms with Crippen molar-refractivity contribution in [2.45, 2.75) is 72.3 Å². The quantitative estimate of drug-likeness (QED) is 0.572. The molecule has 0 spiro atoms. The Bertz CT molecular complexity index is 156. The predicted molar refractivity (Wildman–Crippen MR) is 63.8 cm³/mol. The molecule has 0 atom stereocenters. The van der Waals surface area contributed by atoms with Crippen LogP contribution in [0.3, 0.4) is 0 Å². The van der Waals surface area contributed by atoms with E-state index in [1.165, 1.54) is 0 Å². The molecule has 0 saturated carbocycles. The van der Waals surface area contributed by atoms with Crippen LogP contribution in [0.15, 0.2) is 0 Å². The van der Waals surface area contributed by atoms with E-state index in [1.54, 1.807) is 0 Å². The first-order valence-electron chi connectivity index (χ1n) is 6.39. The lowest BCUT2D eigenvalue weighted by Crippen LogP contribution is -2.23. The van der Waals surface area contributed by atoms with Gasteiger partial charge >= 0.3 is 5.97 Å². The molecule has 0 N–H and O–H groups in total. The minimum absolute atomic E-state index is 0.00639. The lowest BCUT2D eigenvalue weighted by molar-refractivity contribution is -0.155. The normalized spacial score (nSPS) is 11.1. The van der Waals surface area contributed by atoms with Crippen molar-refractivity contribution in [1.82, 2.24) is 0 Å². The summed E-state index contributed by atoms with van der Waals surface area (Å²) in [7, 11) is 0. The number of hydrogen-bond donors (Lipinski definition) is 0. The van der Waals surface area contributed by atoms with Gasteiger partial charge in [0, 0.05) is 0 Å². The Kier molecular flexibility index (Phi) is 8.44. The largest absolute Gasteiger partial charge is 0.462 e. The summed E-state index contributed by atoms with van der Waals surface area (Å²) in [6.07, 6.45) is 6.09. The van der Waals surface area contributed by atoms with E-state index < -0.39 is 0 Å². The third-order valence-electron chi connectivity index (χ3n) is 2.82. The fourth-order valence-corrected chi connectivity index (χ4v) is 1.79. The minimum atomic E-state index is 0.00639. The first kappa shape index (κ1) is 14.5. The van der Waals surface area contributed by atoms with Crippen molar-refractivity contribution in [2.24, 2.45) is 5.92 Å². The fraction of sp³-hybridized carbons (Fsp3) is 0.923.